The number of para-hydroxylation sites is 2. The summed E-state index contributed by atoms with van der Waals surface area (Å²) in [6.45, 7) is 4.85. The third-order valence-corrected chi connectivity index (χ3v) is 4.08. The zero-order valence-corrected chi connectivity index (χ0v) is 14.2. The van der Waals surface area contributed by atoms with Crippen LogP contribution in [0.5, 0.6) is 0 Å². The van der Waals surface area contributed by atoms with Crippen molar-refractivity contribution < 1.29 is 4.79 Å². The van der Waals surface area contributed by atoms with Gasteiger partial charge in [-0.15, -0.1) is 0 Å². The summed E-state index contributed by atoms with van der Waals surface area (Å²) in [6.07, 6.45) is 5.42. The van der Waals surface area contributed by atoms with Crippen LogP contribution in [0.4, 0.5) is 0 Å². The van der Waals surface area contributed by atoms with Crippen molar-refractivity contribution in [1.82, 2.24) is 19.9 Å². The number of nitrogens with one attached hydrogen (secondary N) is 2. The monoisotopic (exact) mass is 324 g/mol. The van der Waals surface area contributed by atoms with Crippen LogP contribution in [0.2, 0.25) is 0 Å². The van der Waals surface area contributed by atoms with Crippen LogP contribution in [0, 0.1) is 5.92 Å². The minimum Gasteiger partial charge on any atom is -0.354 e. The van der Waals surface area contributed by atoms with E-state index in [0.29, 0.717) is 18.9 Å². The first-order valence-corrected chi connectivity index (χ1v) is 8.47. The van der Waals surface area contributed by atoms with E-state index in [9.17, 15) is 4.79 Å². The lowest BCUT2D eigenvalue weighted by Gasteiger charge is -2.20. The molecule has 0 spiro atoms. The van der Waals surface area contributed by atoms with E-state index < -0.39 is 0 Å². The Morgan fingerprint density at radius 2 is 1.96 bits per heavy atom. The first-order chi connectivity index (χ1) is 11.6. The highest BCUT2D eigenvalue weighted by Crippen LogP contribution is 2.18. The summed E-state index contributed by atoms with van der Waals surface area (Å²) in [5.74, 6) is 1.42. The summed E-state index contributed by atoms with van der Waals surface area (Å²) >= 11 is 0. The van der Waals surface area contributed by atoms with Crippen LogP contribution in [0.25, 0.3) is 11.0 Å². The molecule has 1 amide bonds. The largest absolute Gasteiger partial charge is 0.354 e. The van der Waals surface area contributed by atoms with Gasteiger partial charge in [0.05, 0.1) is 11.0 Å². The van der Waals surface area contributed by atoms with Crippen LogP contribution in [-0.2, 0) is 11.2 Å². The molecule has 0 radical (unpaired) electrons. The van der Waals surface area contributed by atoms with Crippen LogP contribution >= 0.6 is 0 Å². The molecule has 0 aliphatic carbocycles. The van der Waals surface area contributed by atoms with Gasteiger partial charge in [0.1, 0.15) is 11.9 Å². The van der Waals surface area contributed by atoms with Gasteiger partial charge in [0.25, 0.3) is 0 Å². The van der Waals surface area contributed by atoms with Gasteiger partial charge in [0.15, 0.2) is 0 Å². The lowest BCUT2D eigenvalue weighted by atomic mass is 10.0. The van der Waals surface area contributed by atoms with Gasteiger partial charge in [-0.25, -0.2) is 4.98 Å². The van der Waals surface area contributed by atoms with Gasteiger partial charge in [-0.05, 0) is 36.6 Å². The minimum atomic E-state index is -0.157. The van der Waals surface area contributed by atoms with Crippen molar-refractivity contribution in [3.63, 3.8) is 0 Å². The highest BCUT2D eigenvalue weighted by Gasteiger charge is 2.20. The smallest absolute Gasteiger partial charge is 0.243 e. The highest BCUT2D eigenvalue weighted by atomic mass is 16.2. The number of hydrogen-bond acceptors (Lipinski definition) is 2. The average molecular weight is 324 g/mol. The average Bonchev–Trinajstić information content (AvgIpc) is 3.21. The van der Waals surface area contributed by atoms with E-state index in [1.807, 2.05) is 53.4 Å². The fraction of sp³-hybridized carbons (Fsp3) is 0.368. The van der Waals surface area contributed by atoms with E-state index in [0.717, 1.165) is 23.3 Å². The molecule has 3 aromatic rings. The molecule has 0 aliphatic rings. The van der Waals surface area contributed by atoms with E-state index in [1.165, 1.54) is 0 Å². The number of H-pyrrole nitrogens is 1. The molecule has 24 heavy (non-hydrogen) atoms. The van der Waals surface area contributed by atoms with Gasteiger partial charge in [0, 0.05) is 25.4 Å². The Morgan fingerprint density at radius 1 is 1.21 bits per heavy atom. The molecule has 0 bridgehead atoms. The summed E-state index contributed by atoms with van der Waals surface area (Å²) in [5, 5.41) is 3.05. The lowest BCUT2D eigenvalue weighted by Crippen LogP contribution is -2.34. The van der Waals surface area contributed by atoms with Crippen molar-refractivity contribution in [3.05, 3.63) is 54.6 Å². The third kappa shape index (κ3) is 3.85. The molecule has 1 aromatic carbocycles. The lowest BCUT2D eigenvalue weighted by molar-refractivity contribution is -0.124. The predicted molar refractivity (Wildman–Crippen MR) is 95.7 cm³/mol. The Hall–Kier alpha value is -2.56. The highest BCUT2D eigenvalue weighted by molar-refractivity contribution is 5.80. The molecule has 3 rings (SSSR count). The Balaban J connectivity index is 1.59. The quantitative estimate of drug-likeness (QED) is 0.700. The summed E-state index contributed by atoms with van der Waals surface area (Å²) < 4.78 is 1.98. The fourth-order valence-corrected chi connectivity index (χ4v) is 2.91. The van der Waals surface area contributed by atoms with Crippen LogP contribution in [-0.4, -0.2) is 27.0 Å². The van der Waals surface area contributed by atoms with Crippen molar-refractivity contribution in [2.24, 2.45) is 5.92 Å². The molecule has 1 atom stereocenters. The molecule has 0 saturated carbocycles. The second-order valence-corrected chi connectivity index (χ2v) is 6.52. The number of nitrogens with zero attached hydrogens (tertiary/aromatic N) is 2. The molecule has 5 nitrogen and oxygen atoms in total. The molecule has 0 aliphatic heterocycles. The normalized spacial score (nSPS) is 12.6. The van der Waals surface area contributed by atoms with Crippen molar-refractivity contribution in [3.8, 4) is 0 Å². The molecule has 1 unspecified atom stereocenters. The van der Waals surface area contributed by atoms with E-state index in [2.05, 4.69) is 29.1 Å². The van der Waals surface area contributed by atoms with Gasteiger partial charge < -0.3 is 14.9 Å². The number of benzene rings is 1. The number of carbonyl (C=O) groups excluding carboxylic acids is 1. The van der Waals surface area contributed by atoms with E-state index in [4.69, 9.17) is 0 Å². The number of aromatic nitrogens is 3. The zero-order valence-electron chi connectivity index (χ0n) is 14.2. The standard InChI is InChI=1S/C19H24N4O/c1-14(2)13-17(23-11-5-6-12-23)19(24)20-10-9-18-21-15-7-3-4-8-16(15)22-18/h3-8,11-12,14,17H,9-10,13H2,1-2H3,(H,20,24)(H,21,22). The maximum Gasteiger partial charge on any atom is 0.243 e. The fourth-order valence-electron chi connectivity index (χ4n) is 2.91. The number of carbonyl (C=O) groups is 1. The third-order valence-electron chi connectivity index (χ3n) is 4.08. The van der Waals surface area contributed by atoms with E-state index in [1.54, 1.807) is 0 Å². The van der Waals surface area contributed by atoms with Crippen molar-refractivity contribution >= 4 is 16.9 Å². The van der Waals surface area contributed by atoms with Gasteiger partial charge >= 0.3 is 0 Å². The number of hydrogen-bond donors (Lipinski definition) is 2. The molecule has 5 heteroatoms. The predicted octanol–water partition coefficient (Wildman–Crippen LogP) is 3.31. The summed E-state index contributed by atoms with van der Waals surface area (Å²) in [6, 6.07) is 11.7. The minimum absolute atomic E-state index is 0.0658. The maximum absolute atomic E-state index is 12.6. The van der Waals surface area contributed by atoms with Crippen LogP contribution in [0.15, 0.2) is 48.8 Å². The van der Waals surface area contributed by atoms with Gasteiger partial charge in [-0.2, -0.15) is 0 Å². The molecular weight excluding hydrogens is 300 g/mol. The second kappa shape index (κ2) is 7.34. The zero-order chi connectivity index (χ0) is 16.9. The second-order valence-electron chi connectivity index (χ2n) is 6.52. The van der Waals surface area contributed by atoms with E-state index in [-0.39, 0.29) is 11.9 Å². The number of fused-ring (bicyclic) bond motifs is 1. The molecule has 0 fully saturated rings. The molecule has 126 valence electrons. The molecule has 0 saturated heterocycles. The van der Waals surface area contributed by atoms with Crippen LogP contribution < -0.4 is 5.32 Å². The number of amides is 1. The van der Waals surface area contributed by atoms with Crippen LogP contribution in [0.1, 0.15) is 32.1 Å². The van der Waals surface area contributed by atoms with Gasteiger partial charge in [0.2, 0.25) is 5.91 Å². The Kier molecular flexibility index (Phi) is 4.99. The maximum atomic E-state index is 12.6. The molecule has 2 heterocycles. The van der Waals surface area contributed by atoms with E-state index >= 15 is 0 Å². The molecular formula is C19H24N4O. The SMILES string of the molecule is CC(C)CC(C(=O)NCCc1nc2ccccc2[nH]1)n1cccc1. The van der Waals surface area contributed by atoms with Gasteiger partial charge in [-0.1, -0.05) is 26.0 Å². The summed E-state index contributed by atoms with van der Waals surface area (Å²) in [5.41, 5.74) is 1.99. The Bertz CT molecular complexity index is 756. The topological polar surface area (TPSA) is 62.7 Å². The number of imidazole rings is 1. The summed E-state index contributed by atoms with van der Waals surface area (Å²) in [4.78, 5) is 20.4. The Morgan fingerprint density at radius 3 is 2.67 bits per heavy atom. The van der Waals surface area contributed by atoms with Crippen molar-refractivity contribution in [1.29, 1.82) is 0 Å². The summed E-state index contributed by atoms with van der Waals surface area (Å²) in [7, 11) is 0. The molecule has 2 N–H and O–H groups in total. The first kappa shape index (κ1) is 16.3. The number of aromatic amines is 1. The van der Waals surface area contributed by atoms with Crippen LogP contribution in [0.3, 0.4) is 0 Å². The first-order valence-electron chi connectivity index (χ1n) is 8.47. The molecule has 2 aromatic heterocycles. The van der Waals surface area contributed by atoms with Crippen molar-refractivity contribution in [2.45, 2.75) is 32.7 Å². The van der Waals surface area contributed by atoms with Gasteiger partial charge in [-0.3, -0.25) is 4.79 Å². The Labute approximate surface area is 142 Å². The van der Waals surface area contributed by atoms with Crippen molar-refractivity contribution in [2.75, 3.05) is 6.54 Å². The number of rotatable bonds is 7.